The number of allylic oxidation sites excluding steroid dienone is 1. The summed E-state index contributed by atoms with van der Waals surface area (Å²) < 4.78 is 0. The molecule has 1 amide bonds. The zero-order chi connectivity index (χ0) is 12.7. The van der Waals surface area contributed by atoms with Gasteiger partial charge in [0.15, 0.2) is 0 Å². The summed E-state index contributed by atoms with van der Waals surface area (Å²) in [6.07, 6.45) is 3.07. The number of nitrogens with two attached hydrogens (primary N) is 2. The van der Waals surface area contributed by atoms with E-state index in [1.807, 2.05) is 6.07 Å². The number of aromatic nitrogens is 1. The number of carbonyl (C=O) groups excluding carboxylic acids is 1. The Morgan fingerprint density at radius 3 is 2.88 bits per heavy atom. The maximum atomic E-state index is 11.5. The van der Waals surface area contributed by atoms with E-state index in [0.29, 0.717) is 11.4 Å². The van der Waals surface area contributed by atoms with Gasteiger partial charge in [-0.3, -0.25) is 14.9 Å². The summed E-state index contributed by atoms with van der Waals surface area (Å²) in [7, 11) is 0. The molecular weight excluding hydrogens is 238 g/mol. The van der Waals surface area contributed by atoms with Crippen LogP contribution in [0.4, 0.5) is 0 Å². The van der Waals surface area contributed by atoms with Crippen LogP contribution in [-0.2, 0) is 4.79 Å². The van der Waals surface area contributed by atoms with Crippen molar-refractivity contribution < 1.29 is 4.79 Å². The Hall–Kier alpha value is -1.86. The lowest BCUT2D eigenvalue weighted by Crippen LogP contribution is -2.21. The zero-order valence-corrected chi connectivity index (χ0v) is 10.1. The first-order valence-electron chi connectivity index (χ1n) is 4.72. The lowest BCUT2D eigenvalue weighted by Gasteiger charge is -2.03. The van der Waals surface area contributed by atoms with E-state index in [4.69, 9.17) is 10.9 Å². The lowest BCUT2D eigenvalue weighted by molar-refractivity contribution is -0.116. The molecular formula is C10H13N5OS. The van der Waals surface area contributed by atoms with E-state index < -0.39 is 5.91 Å². The number of nitrogens with one attached hydrogen (secondary N) is 1. The van der Waals surface area contributed by atoms with Crippen molar-refractivity contribution >= 4 is 24.1 Å². The topological polar surface area (TPSA) is 106 Å². The molecule has 90 valence electrons. The summed E-state index contributed by atoms with van der Waals surface area (Å²) in [5.41, 5.74) is 8.79. The van der Waals surface area contributed by atoms with E-state index in [0.717, 1.165) is 11.9 Å². The van der Waals surface area contributed by atoms with Crippen LogP contribution in [0.15, 0.2) is 40.1 Å². The molecule has 0 radical (unpaired) electrons. The minimum Gasteiger partial charge on any atom is -0.401 e. The van der Waals surface area contributed by atoms with Gasteiger partial charge in [0.05, 0.1) is 11.9 Å². The van der Waals surface area contributed by atoms with Gasteiger partial charge < -0.3 is 5.73 Å². The molecule has 1 aromatic heterocycles. The second-order valence-electron chi connectivity index (χ2n) is 3.08. The molecule has 1 heterocycles. The SMILES string of the molecule is C/C(N)=C(/SN)C(=O)N/N=C/c1ccccn1. The average molecular weight is 251 g/mol. The molecule has 0 atom stereocenters. The predicted molar refractivity (Wildman–Crippen MR) is 68.6 cm³/mol. The molecule has 5 N–H and O–H groups in total. The van der Waals surface area contributed by atoms with Crippen LogP contribution in [0.25, 0.3) is 0 Å². The van der Waals surface area contributed by atoms with E-state index in [1.165, 1.54) is 6.21 Å². The highest BCUT2D eigenvalue weighted by Gasteiger charge is 2.09. The first-order chi connectivity index (χ1) is 8.15. The zero-order valence-electron chi connectivity index (χ0n) is 9.25. The van der Waals surface area contributed by atoms with Gasteiger partial charge in [-0.2, -0.15) is 5.10 Å². The van der Waals surface area contributed by atoms with Gasteiger partial charge in [-0.15, -0.1) is 0 Å². The van der Waals surface area contributed by atoms with Crippen molar-refractivity contribution in [3.8, 4) is 0 Å². The fourth-order valence-corrected chi connectivity index (χ4v) is 1.32. The molecule has 0 aromatic carbocycles. The largest absolute Gasteiger partial charge is 0.401 e. The van der Waals surface area contributed by atoms with Crippen molar-refractivity contribution in [2.75, 3.05) is 0 Å². The first-order valence-corrected chi connectivity index (χ1v) is 5.60. The molecule has 0 aliphatic carbocycles. The molecule has 0 saturated heterocycles. The van der Waals surface area contributed by atoms with Crippen molar-refractivity contribution in [3.63, 3.8) is 0 Å². The Kier molecular flexibility index (Phi) is 5.18. The summed E-state index contributed by atoms with van der Waals surface area (Å²) in [5, 5.41) is 9.06. The van der Waals surface area contributed by atoms with Gasteiger partial charge in [0.1, 0.15) is 4.91 Å². The molecule has 1 rings (SSSR count). The summed E-state index contributed by atoms with van der Waals surface area (Å²) >= 11 is 0.785. The van der Waals surface area contributed by atoms with E-state index in [9.17, 15) is 4.79 Å². The predicted octanol–water partition coefficient (Wildman–Crippen LogP) is 0.329. The van der Waals surface area contributed by atoms with Gasteiger partial charge in [0.2, 0.25) is 0 Å². The summed E-state index contributed by atoms with van der Waals surface area (Å²) in [6, 6.07) is 5.37. The number of nitrogens with zero attached hydrogens (tertiary/aromatic N) is 2. The van der Waals surface area contributed by atoms with Crippen molar-refractivity contribution in [1.82, 2.24) is 10.4 Å². The smallest absolute Gasteiger partial charge is 0.280 e. The molecule has 0 unspecified atom stereocenters. The van der Waals surface area contributed by atoms with Crippen LogP contribution in [0.1, 0.15) is 12.6 Å². The Balaban J connectivity index is 2.60. The highest BCUT2D eigenvalue weighted by atomic mass is 32.2. The third-order valence-electron chi connectivity index (χ3n) is 1.73. The van der Waals surface area contributed by atoms with Crippen LogP contribution in [0.3, 0.4) is 0 Å². The van der Waals surface area contributed by atoms with Gasteiger partial charge in [-0.25, -0.2) is 5.43 Å². The van der Waals surface area contributed by atoms with Gasteiger partial charge >= 0.3 is 0 Å². The number of carbonyl (C=O) groups is 1. The third-order valence-corrected chi connectivity index (χ3v) is 2.48. The van der Waals surface area contributed by atoms with Crippen LogP contribution in [0.5, 0.6) is 0 Å². The summed E-state index contributed by atoms with van der Waals surface area (Å²) in [5.74, 6) is -0.440. The van der Waals surface area contributed by atoms with E-state index in [2.05, 4.69) is 15.5 Å². The molecule has 0 bridgehead atoms. The number of hydrogen-bond donors (Lipinski definition) is 3. The van der Waals surface area contributed by atoms with Gasteiger partial charge in [0, 0.05) is 11.9 Å². The highest BCUT2D eigenvalue weighted by molar-refractivity contribution is 8.01. The standard InChI is InChI=1S/C10H13N5OS/c1-7(11)9(17-12)10(16)15-14-6-8-4-2-3-5-13-8/h2-6H,11-12H2,1H3,(H,15,16)/b9-7-,14-6+. The lowest BCUT2D eigenvalue weighted by atomic mass is 10.4. The van der Waals surface area contributed by atoms with Crippen molar-refractivity contribution in [3.05, 3.63) is 40.7 Å². The molecule has 0 aliphatic rings. The van der Waals surface area contributed by atoms with Crippen LogP contribution in [-0.4, -0.2) is 17.1 Å². The maximum Gasteiger partial charge on any atom is 0.280 e. The van der Waals surface area contributed by atoms with Gasteiger partial charge in [0.25, 0.3) is 5.91 Å². The number of hydrogen-bond acceptors (Lipinski definition) is 6. The van der Waals surface area contributed by atoms with E-state index >= 15 is 0 Å². The molecule has 7 heteroatoms. The minimum absolute atomic E-state index is 0.239. The second kappa shape index (κ2) is 6.66. The number of pyridine rings is 1. The minimum atomic E-state index is -0.440. The number of hydrazone groups is 1. The van der Waals surface area contributed by atoms with E-state index in [-0.39, 0.29) is 4.91 Å². The molecule has 0 spiro atoms. The fourth-order valence-electron chi connectivity index (χ4n) is 0.986. The molecule has 0 saturated carbocycles. The normalized spacial score (nSPS) is 12.4. The third kappa shape index (κ3) is 4.25. The van der Waals surface area contributed by atoms with Crippen LogP contribution < -0.4 is 16.3 Å². The average Bonchev–Trinajstić information content (AvgIpc) is 2.30. The Bertz CT molecular complexity index is 439. The van der Waals surface area contributed by atoms with E-state index in [1.54, 1.807) is 25.3 Å². The van der Waals surface area contributed by atoms with Crippen molar-refractivity contribution in [1.29, 1.82) is 0 Å². The summed E-state index contributed by atoms with van der Waals surface area (Å²) in [6.45, 7) is 1.59. The highest BCUT2D eigenvalue weighted by Crippen LogP contribution is 2.10. The van der Waals surface area contributed by atoms with Gasteiger partial charge in [-0.05, 0) is 31.0 Å². The molecule has 0 fully saturated rings. The second-order valence-corrected chi connectivity index (χ2v) is 3.73. The monoisotopic (exact) mass is 251 g/mol. The van der Waals surface area contributed by atoms with Crippen LogP contribution >= 0.6 is 11.9 Å². The first kappa shape index (κ1) is 13.2. The molecule has 0 aliphatic heterocycles. The number of rotatable bonds is 4. The quantitative estimate of drug-likeness (QED) is 0.309. The Labute approximate surface area is 103 Å². The van der Waals surface area contributed by atoms with Crippen LogP contribution in [0.2, 0.25) is 0 Å². The molecule has 6 nitrogen and oxygen atoms in total. The molecule has 17 heavy (non-hydrogen) atoms. The van der Waals surface area contributed by atoms with Crippen molar-refractivity contribution in [2.24, 2.45) is 16.0 Å². The van der Waals surface area contributed by atoms with Crippen molar-refractivity contribution in [2.45, 2.75) is 6.92 Å². The Morgan fingerprint density at radius 1 is 1.59 bits per heavy atom. The summed E-state index contributed by atoms with van der Waals surface area (Å²) in [4.78, 5) is 15.8. The van der Waals surface area contributed by atoms with Gasteiger partial charge in [-0.1, -0.05) is 6.07 Å². The Morgan fingerprint density at radius 2 is 2.35 bits per heavy atom. The molecule has 1 aromatic rings. The fraction of sp³-hybridized carbons (Fsp3) is 0.100. The number of amides is 1. The maximum absolute atomic E-state index is 11.5. The van der Waals surface area contributed by atoms with Crippen LogP contribution in [0, 0.1) is 0 Å².